The van der Waals surface area contributed by atoms with Crippen molar-refractivity contribution in [1.29, 1.82) is 5.26 Å². The minimum Gasteiger partial charge on any atom is -0.481 e. The first-order valence-corrected chi connectivity index (χ1v) is 5.54. The van der Waals surface area contributed by atoms with E-state index in [0.29, 0.717) is 0 Å². The molecule has 2 N–H and O–H groups in total. The van der Waals surface area contributed by atoms with Gasteiger partial charge in [-0.2, -0.15) is 5.26 Å². The van der Waals surface area contributed by atoms with Crippen LogP contribution in [-0.2, 0) is 4.79 Å². The maximum Gasteiger partial charge on any atom is 0.308 e. The van der Waals surface area contributed by atoms with Crippen LogP contribution in [0.5, 0.6) is 0 Å². The third kappa shape index (κ3) is 3.42. The lowest BCUT2D eigenvalue weighted by Crippen LogP contribution is -2.29. The van der Waals surface area contributed by atoms with Gasteiger partial charge in [0.1, 0.15) is 5.69 Å². The highest BCUT2D eigenvalue weighted by Gasteiger charge is 2.22. The van der Waals surface area contributed by atoms with Gasteiger partial charge >= 0.3 is 5.97 Å². The van der Waals surface area contributed by atoms with E-state index in [1.165, 1.54) is 19.1 Å². The molecular formula is C12H13N3O4. The molecule has 0 aliphatic carbocycles. The second kappa shape index (κ2) is 5.82. The summed E-state index contributed by atoms with van der Waals surface area (Å²) in [5, 5.41) is 31.3. The van der Waals surface area contributed by atoms with Crippen LogP contribution in [0.4, 0.5) is 11.4 Å². The Kier molecular flexibility index (Phi) is 4.42. The van der Waals surface area contributed by atoms with E-state index in [1.54, 1.807) is 6.92 Å². The summed E-state index contributed by atoms with van der Waals surface area (Å²) in [6.45, 7) is 3.14. The molecule has 0 fully saturated rings. The molecule has 2 atom stereocenters. The number of carboxylic acids is 1. The van der Waals surface area contributed by atoms with E-state index in [0.717, 1.165) is 6.07 Å². The number of hydrogen-bond acceptors (Lipinski definition) is 5. The number of rotatable bonds is 5. The summed E-state index contributed by atoms with van der Waals surface area (Å²) in [7, 11) is 0. The molecule has 1 aromatic rings. The maximum atomic E-state index is 10.9. The zero-order valence-corrected chi connectivity index (χ0v) is 10.5. The smallest absolute Gasteiger partial charge is 0.308 e. The zero-order valence-electron chi connectivity index (χ0n) is 10.5. The van der Waals surface area contributed by atoms with E-state index in [-0.39, 0.29) is 16.9 Å². The van der Waals surface area contributed by atoms with Crippen LogP contribution in [0.25, 0.3) is 0 Å². The van der Waals surface area contributed by atoms with Gasteiger partial charge in [-0.15, -0.1) is 0 Å². The van der Waals surface area contributed by atoms with Gasteiger partial charge in [0, 0.05) is 12.1 Å². The van der Waals surface area contributed by atoms with Crippen LogP contribution in [0.3, 0.4) is 0 Å². The fourth-order valence-corrected chi connectivity index (χ4v) is 1.46. The van der Waals surface area contributed by atoms with Crippen molar-refractivity contribution in [2.75, 3.05) is 5.32 Å². The molecule has 0 spiro atoms. The number of nitrogens with zero attached hydrogens (tertiary/aromatic N) is 2. The number of nitriles is 1. The first-order chi connectivity index (χ1) is 8.86. The molecule has 0 amide bonds. The number of anilines is 1. The summed E-state index contributed by atoms with van der Waals surface area (Å²) >= 11 is 0. The molecule has 2 unspecified atom stereocenters. The summed E-state index contributed by atoms with van der Waals surface area (Å²) in [6, 6.07) is 5.33. The number of aliphatic carboxylic acids is 1. The zero-order chi connectivity index (χ0) is 14.6. The van der Waals surface area contributed by atoms with Gasteiger partial charge in [0.05, 0.1) is 22.5 Å². The molecule has 1 rings (SSSR count). The Morgan fingerprint density at radius 3 is 2.63 bits per heavy atom. The molecule has 19 heavy (non-hydrogen) atoms. The SMILES string of the molecule is CC(Nc1ccc(C#N)cc1[N+](=O)[O-])C(C)C(=O)O. The van der Waals surface area contributed by atoms with Crippen LogP contribution in [0, 0.1) is 27.4 Å². The van der Waals surface area contributed by atoms with Crippen molar-refractivity contribution >= 4 is 17.3 Å². The summed E-state index contributed by atoms with van der Waals surface area (Å²) in [5.41, 5.74) is 0.129. The van der Waals surface area contributed by atoms with Crippen molar-refractivity contribution in [2.24, 2.45) is 5.92 Å². The molecule has 0 bridgehead atoms. The average Bonchev–Trinajstić information content (AvgIpc) is 2.37. The van der Waals surface area contributed by atoms with E-state index in [2.05, 4.69) is 5.32 Å². The monoisotopic (exact) mass is 263 g/mol. The molecule has 0 aromatic heterocycles. The molecule has 0 aliphatic rings. The summed E-state index contributed by atoms with van der Waals surface area (Å²) in [6.07, 6.45) is 0. The van der Waals surface area contributed by atoms with Crippen molar-refractivity contribution < 1.29 is 14.8 Å². The van der Waals surface area contributed by atoms with Crippen LogP contribution in [0.1, 0.15) is 19.4 Å². The Hall–Kier alpha value is -2.62. The molecule has 0 heterocycles. The minimum absolute atomic E-state index is 0.177. The quantitative estimate of drug-likeness (QED) is 0.619. The lowest BCUT2D eigenvalue weighted by Gasteiger charge is -2.18. The number of nitro benzene ring substituents is 1. The Balaban J connectivity index is 3.05. The van der Waals surface area contributed by atoms with Crippen molar-refractivity contribution in [3.8, 4) is 6.07 Å². The van der Waals surface area contributed by atoms with Crippen LogP contribution in [-0.4, -0.2) is 22.0 Å². The molecule has 0 saturated heterocycles. The Labute approximate surface area is 109 Å². The molecule has 7 heteroatoms. The Bertz CT molecular complexity index is 550. The van der Waals surface area contributed by atoms with Crippen molar-refractivity contribution in [3.63, 3.8) is 0 Å². The molecule has 1 aromatic carbocycles. The standard InChI is InChI=1S/C12H13N3O4/c1-7(12(16)17)8(2)14-10-4-3-9(6-13)5-11(10)15(18)19/h3-5,7-8,14H,1-2H3,(H,16,17). The van der Waals surface area contributed by atoms with Gasteiger partial charge in [-0.3, -0.25) is 14.9 Å². The van der Waals surface area contributed by atoms with Crippen LogP contribution >= 0.6 is 0 Å². The van der Waals surface area contributed by atoms with Gasteiger partial charge in [-0.05, 0) is 26.0 Å². The molecule has 7 nitrogen and oxygen atoms in total. The van der Waals surface area contributed by atoms with Gasteiger partial charge in [0.15, 0.2) is 0 Å². The lowest BCUT2D eigenvalue weighted by molar-refractivity contribution is -0.384. The van der Waals surface area contributed by atoms with Gasteiger partial charge in [0.25, 0.3) is 5.69 Å². The molecule has 0 radical (unpaired) electrons. The van der Waals surface area contributed by atoms with Crippen molar-refractivity contribution in [2.45, 2.75) is 19.9 Å². The third-order valence-corrected chi connectivity index (χ3v) is 2.85. The first-order valence-electron chi connectivity index (χ1n) is 5.54. The normalized spacial score (nSPS) is 13.1. The summed E-state index contributed by atoms with van der Waals surface area (Å²) in [5.74, 6) is -1.69. The summed E-state index contributed by atoms with van der Waals surface area (Å²) in [4.78, 5) is 21.1. The molecule has 0 saturated carbocycles. The first kappa shape index (κ1) is 14.4. The van der Waals surface area contributed by atoms with E-state index in [9.17, 15) is 14.9 Å². The summed E-state index contributed by atoms with van der Waals surface area (Å²) < 4.78 is 0. The average molecular weight is 263 g/mol. The van der Waals surface area contributed by atoms with Gasteiger partial charge in [-0.1, -0.05) is 0 Å². The second-order valence-electron chi connectivity index (χ2n) is 4.16. The number of carboxylic acid groups (broad SMARTS) is 1. The van der Waals surface area contributed by atoms with E-state index < -0.39 is 22.9 Å². The number of nitrogens with one attached hydrogen (secondary N) is 1. The minimum atomic E-state index is -0.990. The highest BCUT2D eigenvalue weighted by atomic mass is 16.6. The fourth-order valence-electron chi connectivity index (χ4n) is 1.46. The Morgan fingerprint density at radius 1 is 1.53 bits per heavy atom. The Morgan fingerprint density at radius 2 is 2.16 bits per heavy atom. The van der Waals surface area contributed by atoms with E-state index in [4.69, 9.17) is 10.4 Å². The fraction of sp³-hybridized carbons (Fsp3) is 0.333. The van der Waals surface area contributed by atoms with Crippen molar-refractivity contribution in [1.82, 2.24) is 0 Å². The number of benzene rings is 1. The maximum absolute atomic E-state index is 10.9. The number of hydrogen-bond donors (Lipinski definition) is 2. The highest BCUT2D eigenvalue weighted by molar-refractivity contribution is 5.72. The molecule has 100 valence electrons. The van der Waals surface area contributed by atoms with Gasteiger partial charge in [-0.25, -0.2) is 0 Å². The van der Waals surface area contributed by atoms with Crippen molar-refractivity contribution in [3.05, 3.63) is 33.9 Å². The predicted octanol–water partition coefficient (Wildman–Crippen LogP) is 1.99. The number of nitro groups is 1. The van der Waals surface area contributed by atoms with Crippen LogP contribution < -0.4 is 5.32 Å². The largest absolute Gasteiger partial charge is 0.481 e. The van der Waals surface area contributed by atoms with E-state index in [1.807, 2.05) is 6.07 Å². The van der Waals surface area contributed by atoms with Gasteiger partial charge < -0.3 is 10.4 Å². The second-order valence-corrected chi connectivity index (χ2v) is 4.16. The molecule has 0 aliphatic heterocycles. The predicted molar refractivity (Wildman–Crippen MR) is 67.7 cm³/mol. The van der Waals surface area contributed by atoms with E-state index >= 15 is 0 Å². The van der Waals surface area contributed by atoms with Crippen LogP contribution in [0.2, 0.25) is 0 Å². The van der Waals surface area contributed by atoms with Crippen LogP contribution in [0.15, 0.2) is 18.2 Å². The topological polar surface area (TPSA) is 116 Å². The van der Waals surface area contributed by atoms with Gasteiger partial charge in [0.2, 0.25) is 0 Å². The third-order valence-electron chi connectivity index (χ3n) is 2.85. The number of carbonyl (C=O) groups is 1. The molecular weight excluding hydrogens is 250 g/mol. The highest BCUT2D eigenvalue weighted by Crippen LogP contribution is 2.27. The lowest BCUT2D eigenvalue weighted by atomic mass is 10.0.